The zero-order chi connectivity index (χ0) is 16.1. The first-order chi connectivity index (χ1) is 11.3. The van der Waals surface area contributed by atoms with Crippen LogP contribution in [0.1, 0.15) is 12.5 Å². The number of benzene rings is 2. The first-order valence-corrected chi connectivity index (χ1v) is 7.73. The van der Waals surface area contributed by atoms with Crippen molar-refractivity contribution in [2.45, 2.75) is 6.92 Å². The molecule has 2 nitrogen and oxygen atoms in total. The van der Waals surface area contributed by atoms with Gasteiger partial charge in [0.2, 0.25) is 0 Å². The summed E-state index contributed by atoms with van der Waals surface area (Å²) in [6, 6.07) is 20.4. The van der Waals surface area contributed by atoms with Gasteiger partial charge in [-0.2, -0.15) is 0 Å². The molecule has 23 heavy (non-hydrogen) atoms. The summed E-state index contributed by atoms with van der Waals surface area (Å²) < 4.78 is 5.84. The highest BCUT2D eigenvalue weighted by molar-refractivity contribution is 5.86. The average molecular weight is 301 g/mol. The van der Waals surface area contributed by atoms with E-state index >= 15 is 0 Å². The number of pyridine rings is 1. The smallest absolute Gasteiger partial charge is 0.129 e. The SMILES string of the molecule is C=Cc1ccc(-c2cccc(OCC)c2-c2ccccn2)cc1. The van der Waals surface area contributed by atoms with E-state index in [1.165, 1.54) is 0 Å². The van der Waals surface area contributed by atoms with Crippen molar-refractivity contribution in [2.75, 3.05) is 6.61 Å². The van der Waals surface area contributed by atoms with Gasteiger partial charge in [0.15, 0.2) is 0 Å². The molecule has 0 spiro atoms. The van der Waals surface area contributed by atoms with Crippen LogP contribution >= 0.6 is 0 Å². The van der Waals surface area contributed by atoms with Crippen LogP contribution in [0.25, 0.3) is 28.5 Å². The Kier molecular flexibility index (Phi) is 4.53. The fourth-order valence-electron chi connectivity index (χ4n) is 2.62. The molecule has 0 radical (unpaired) electrons. The summed E-state index contributed by atoms with van der Waals surface area (Å²) in [5.74, 6) is 0.858. The molecular weight excluding hydrogens is 282 g/mol. The highest BCUT2D eigenvalue weighted by atomic mass is 16.5. The van der Waals surface area contributed by atoms with Gasteiger partial charge in [0.25, 0.3) is 0 Å². The van der Waals surface area contributed by atoms with Crippen molar-refractivity contribution >= 4 is 6.08 Å². The van der Waals surface area contributed by atoms with Crippen LogP contribution in [0.2, 0.25) is 0 Å². The second-order valence-corrected chi connectivity index (χ2v) is 5.15. The molecule has 0 bridgehead atoms. The van der Waals surface area contributed by atoms with Gasteiger partial charge in [-0.3, -0.25) is 4.98 Å². The maximum absolute atomic E-state index is 5.84. The quantitative estimate of drug-likeness (QED) is 0.624. The van der Waals surface area contributed by atoms with Crippen LogP contribution in [0.3, 0.4) is 0 Å². The first kappa shape index (κ1) is 15.0. The van der Waals surface area contributed by atoms with E-state index in [9.17, 15) is 0 Å². The van der Waals surface area contributed by atoms with Gasteiger partial charge in [-0.1, -0.05) is 55.1 Å². The van der Waals surface area contributed by atoms with Gasteiger partial charge in [0, 0.05) is 6.20 Å². The molecule has 114 valence electrons. The summed E-state index contributed by atoms with van der Waals surface area (Å²) in [5.41, 5.74) is 5.30. The Morgan fingerprint density at radius 1 is 1.00 bits per heavy atom. The lowest BCUT2D eigenvalue weighted by atomic mass is 9.95. The zero-order valence-electron chi connectivity index (χ0n) is 13.2. The third kappa shape index (κ3) is 3.16. The fraction of sp³-hybridized carbons (Fsp3) is 0.0952. The molecular formula is C21H19NO. The van der Waals surface area contributed by atoms with Crippen molar-refractivity contribution in [1.29, 1.82) is 0 Å². The van der Waals surface area contributed by atoms with Gasteiger partial charge < -0.3 is 4.74 Å². The van der Waals surface area contributed by atoms with E-state index in [4.69, 9.17) is 4.74 Å². The van der Waals surface area contributed by atoms with E-state index in [1.807, 2.05) is 49.5 Å². The number of aromatic nitrogens is 1. The van der Waals surface area contributed by atoms with Gasteiger partial charge in [0.1, 0.15) is 5.75 Å². The monoisotopic (exact) mass is 301 g/mol. The number of nitrogens with zero attached hydrogens (tertiary/aromatic N) is 1. The first-order valence-electron chi connectivity index (χ1n) is 7.73. The van der Waals surface area contributed by atoms with E-state index in [2.05, 4.69) is 41.9 Å². The third-order valence-corrected chi connectivity index (χ3v) is 3.70. The molecule has 3 rings (SSSR count). The van der Waals surface area contributed by atoms with Crippen LogP contribution in [0, 0.1) is 0 Å². The maximum atomic E-state index is 5.84. The minimum absolute atomic E-state index is 0.624. The summed E-state index contributed by atoms with van der Waals surface area (Å²) in [5, 5.41) is 0. The van der Waals surface area contributed by atoms with Crippen molar-refractivity contribution in [3.8, 4) is 28.1 Å². The van der Waals surface area contributed by atoms with Crippen LogP contribution in [0.4, 0.5) is 0 Å². The number of hydrogen-bond acceptors (Lipinski definition) is 2. The molecule has 0 saturated carbocycles. The molecule has 0 atom stereocenters. The summed E-state index contributed by atoms with van der Waals surface area (Å²) in [4.78, 5) is 4.52. The maximum Gasteiger partial charge on any atom is 0.129 e. The van der Waals surface area contributed by atoms with Crippen LogP contribution in [-0.4, -0.2) is 11.6 Å². The van der Waals surface area contributed by atoms with Crippen LogP contribution < -0.4 is 4.74 Å². The molecule has 0 saturated heterocycles. The molecule has 2 heteroatoms. The Morgan fingerprint density at radius 3 is 2.48 bits per heavy atom. The second kappa shape index (κ2) is 6.93. The lowest BCUT2D eigenvalue weighted by Crippen LogP contribution is -1.97. The van der Waals surface area contributed by atoms with Crippen LogP contribution in [0.5, 0.6) is 5.75 Å². The lowest BCUT2D eigenvalue weighted by Gasteiger charge is -2.15. The fourth-order valence-corrected chi connectivity index (χ4v) is 2.62. The number of hydrogen-bond donors (Lipinski definition) is 0. The van der Waals surface area contributed by atoms with Crippen LogP contribution in [-0.2, 0) is 0 Å². The van der Waals surface area contributed by atoms with E-state index in [1.54, 1.807) is 0 Å². The normalized spacial score (nSPS) is 10.3. The van der Waals surface area contributed by atoms with Gasteiger partial charge in [-0.05, 0) is 41.8 Å². The van der Waals surface area contributed by atoms with Gasteiger partial charge in [-0.25, -0.2) is 0 Å². The molecule has 1 aromatic heterocycles. The molecule has 0 unspecified atom stereocenters. The molecule has 0 amide bonds. The van der Waals surface area contributed by atoms with E-state index in [0.29, 0.717) is 6.61 Å². The van der Waals surface area contributed by atoms with E-state index in [-0.39, 0.29) is 0 Å². The van der Waals surface area contributed by atoms with Gasteiger partial charge in [0.05, 0.1) is 17.9 Å². The Bertz CT molecular complexity index is 792. The molecule has 0 aliphatic heterocycles. The molecule has 0 fully saturated rings. The molecule has 0 aliphatic rings. The predicted molar refractivity (Wildman–Crippen MR) is 96.4 cm³/mol. The molecule has 2 aromatic carbocycles. The zero-order valence-corrected chi connectivity index (χ0v) is 13.2. The Labute approximate surface area is 137 Å². The number of rotatable bonds is 5. The average Bonchev–Trinajstić information content (AvgIpc) is 2.63. The third-order valence-electron chi connectivity index (χ3n) is 3.70. The van der Waals surface area contributed by atoms with Crippen molar-refractivity contribution in [2.24, 2.45) is 0 Å². The highest BCUT2D eigenvalue weighted by Crippen LogP contribution is 2.38. The largest absolute Gasteiger partial charge is 0.493 e. The predicted octanol–water partition coefficient (Wildman–Crippen LogP) is 5.46. The van der Waals surface area contributed by atoms with Crippen molar-refractivity contribution in [3.63, 3.8) is 0 Å². The number of ether oxygens (including phenoxy) is 1. The summed E-state index contributed by atoms with van der Waals surface area (Å²) >= 11 is 0. The topological polar surface area (TPSA) is 22.1 Å². The van der Waals surface area contributed by atoms with Gasteiger partial charge >= 0.3 is 0 Å². The van der Waals surface area contributed by atoms with E-state index < -0.39 is 0 Å². The van der Waals surface area contributed by atoms with Gasteiger partial charge in [-0.15, -0.1) is 0 Å². The Balaban J connectivity index is 2.19. The minimum atomic E-state index is 0.624. The molecule has 1 heterocycles. The van der Waals surface area contributed by atoms with Crippen molar-refractivity contribution in [1.82, 2.24) is 4.98 Å². The highest BCUT2D eigenvalue weighted by Gasteiger charge is 2.14. The Hall–Kier alpha value is -2.87. The minimum Gasteiger partial charge on any atom is -0.493 e. The standard InChI is InChI=1S/C21H19NO/c1-3-16-11-13-17(14-12-16)18-8-7-10-20(23-4-2)21(18)19-9-5-6-15-22-19/h3,5-15H,1,4H2,2H3. The molecule has 3 aromatic rings. The summed E-state index contributed by atoms with van der Waals surface area (Å²) in [6.45, 7) is 6.42. The molecule has 0 aliphatic carbocycles. The summed E-state index contributed by atoms with van der Waals surface area (Å²) in [7, 11) is 0. The second-order valence-electron chi connectivity index (χ2n) is 5.15. The van der Waals surface area contributed by atoms with Crippen molar-refractivity contribution in [3.05, 3.63) is 79.0 Å². The summed E-state index contributed by atoms with van der Waals surface area (Å²) in [6.07, 6.45) is 3.66. The molecule has 0 N–H and O–H groups in total. The lowest BCUT2D eigenvalue weighted by molar-refractivity contribution is 0.341. The van der Waals surface area contributed by atoms with Crippen molar-refractivity contribution < 1.29 is 4.74 Å². The Morgan fingerprint density at radius 2 is 1.83 bits per heavy atom. The van der Waals surface area contributed by atoms with Crippen LogP contribution in [0.15, 0.2) is 73.4 Å². The van der Waals surface area contributed by atoms with E-state index in [0.717, 1.165) is 33.7 Å².